The van der Waals surface area contributed by atoms with Crippen molar-refractivity contribution in [2.75, 3.05) is 46.6 Å². The molecule has 29 heavy (non-hydrogen) atoms. The topological polar surface area (TPSA) is 68.3 Å². The molecule has 2 aliphatic heterocycles. The molecule has 0 atom stereocenters. The lowest BCUT2D eigenvalue weighted by atomic mass is 10.1. The molecule has 2 aliphatic rings. The van der Waals surface area contributed by atoms with Gasteiger partial charge in [-0.2, -0.15) is 4.31 Å². The fourth-order valence-electron chi connectivity index (χ4n) is 3.64. The van der Waals surface area contributed by atoms with Crippen molar-refractivity contribution >= 4 is 10.0 Å². The summed E-state index contributed by atoms with van der Waals surface area (Å²) in [5, 5.41) is 0. The zero-order valence-electron chi connectivity index (χ0n) is 16.5. The predicted molar refractivity (Wildman–Crippen MR) is 109 cm³/mol. The summed E-state index contributed by atoms with van der Waals surface area (Å²) in [4.78, 5) is 2.60. The van der Waals surface area contributed by atoms with E-state index in [1.165, 1.54) is 4.31 Å². The molecule has 0 amide bonds. The largest absolute Gasteiger partial charge is 0.497 e. The van der Waals surface area contributed by atoms with Crippen molar-refractivity contribution < 1.29 is 22.6 Å². The predicted octanol–water partition coefficient (Wildman–Crippen LogP) is 2.11. The first-order valence-corrected chi connectivity index (χ1v) is 11.2. The molecular weight excluding hydrogens is 392 g/mol. The molecule has 0 bridgehead atoms. The maximum absolute atomic E-state index is 13.2. The number of fused-ring (bicyclic) bond motifs is 1. The van der Waals surface area contributed by atoms with Crippen molar-refractivity contribution in [1.82, 2.24) is 9.21 Å². The second kappa shape index (κ2) is 8.71. The normalized spacial score (nSPS) is 18.5. The molecule has 0 N–H and O–H groups in total. The Bertz CT molecular complexity index is 940. The fraction of sp³-hybridized carbons (Fsp3) is 0.429. The minimum Gasteiger partial charge on any atom is -0.497 e. The zero-order valence-corrected chi connectivity index (χ0v) is 17.4. The molecule has 0 saturated carbocycles. The van der Waals surface area contributed by atoms with Crippen molar-refractivity contribution in [3.05, 3.63) is 53.6 Å². The van der Waals surface area contributed by atoms with Gasteiger partial charge in [-0.05, 0) is 42.0 Å². The Morgan fingerprint density at radius 1 is 1.00 bits per heavy atom. The van der Waals surface area contributed by atoms with Gasteiger partial charge in [-0.3, -0.25) is 4.90 Å². The van der Waals surface area contributed by atoms with Crippen LogP contribution in [0, 0.1) is 0 Å². The number of ether oxygens (including phenoxy) is 3. The van der Waals surface area contributed by atoms with E-state index in [0.717, 1.165) is 49.7 Å². The van der Waals surface area contributed by atoms with Crippen molar-refractivity contribution in [1.29, 1.82) is 0 Å². The lowest BCUT2D eigenvalue weighted by Crippen LogP contribution is -2.35. The highest BCUT2D eigenvalue weighted by molar-refractivity contribution is 7.89. The van der Waals surface area contributed by atoms with Crippen LogP contribution < -0.4 is 9.47 Å². The van der Waals surface area contributed by atoms with Crippen molar-refractivity contribution in [2.24, 2.45) is 0 Å². The lowest BCUT2D eigenvalue weighted by Gasteiger charge is -2.27. The highest BCUT2D eigenvalue weighted by atomic mass is 32.2. The third kappa shape index (κ3) is 4.56. The summed E-state index contributed by atoms with van der Waals surface area (Å²) in [6.45, 7) is 5.07. The van der Waals surface area contributed by atoms with Gasteiger partial charge in [-0.15, -0.1) is 0 Å². The maximum Gasteiger partial charge on any atom is 0.243 e. The monoisotopic (exact) mass is 418 g/mol. The van der Waals surface area contributed by atoms with Crippen LogP contribution >= 0.6 is 0 Å². The second-order valence-electron chi connectivity index (χ2n) is 7.19. The fourth-order valence-corrected chi connectivity index (χ4v) is 5.04. The van der Waals surface area contributed by atoms with E-state index in [1.54, 1.807) is 31.4 Å². The van der Waals surface area contributed by atoms with Gasteiger partial charge in [0.2, 0.25) is 10.0 Å². The Kier molecular flexibility index (Phi) is 6.05. The van der Waals surface area contributed by atoms with Crippen LogP contribution in [-0.2, 0) is 27.8 Å². The van der Waals surface area contributed by atoms with E-state index in [-0.39, 0.29) is 4.90 Å². The van der Waals surface area contributed by atoms with Crippen LogP contribution in [0.4, 0.5) is 0 Å². The Morgan fingerprint density at radius 3 is 2.48 bits per heavy atom. The molecule has 1 saturated heterocycles. The number of sulfonamides is 1. The molecule has 2 aromatic carbocycles. The molecule has 4 rings (SSSR count). The number of nitrogens with zero attached hydrogens (tertiary/aromatic N) is 2. The summed E-state index contributed by atoms with van der Waals surface area (Å²) in [5.74, 6) is 1.38. The Morgan fingerprint density at radius 2 is 1.76 bits per heavy atom. The van der Waals surface area contributed by atoms with Crippen LogP contribution in [0.25, 0.3) is 0 Å². The van der Waals surface area contributed by atoms with Crippen molar-refractivity contribution in [3.8, 4) is 11.5 Å². The SMILES string of the molecule is COc1ccc(S(=O)(=O)N2CCOc3ccc(CN4CCOCC4)cc3C2)cc1. The van der Waals surface area contributed by atoms with Crippen LogP contribution in [0.3, 0.4) is 0 Å². The molecule has 0 aliphatic carbocycles. The van der Waals surface area contributed by atoms with Gasteiger partial charge in [-0.25, -0.2) is 8.42 Å². The van der Waals surface area contributed by atoms with E-state index in [2.05, 4.69) is 17.0 Å². The maximum atomic E-state index is 13.2. The Hall–Kier alpha value is -2.13. The zero-order chi connectivity index (χ0) is 20.3. The van der Waals surface area contributed by atoms with Gasteiger partial charge >= 0.3 is 0 Å². The first kappa shape index (κ1) is 20.2. The summed E-state index contributed by atoms with van der Waals surface area (Å²) < 4.78 is 44.2. The third-order valence-electron chi connectivity index (χ3n) is 5.28. The number of hydrogen-bond donors (Lipinski definition) is 0. The lowest BCUT2D eigenvalue weighted by molar-refractivity contribution is 0.0342. The number of methoxy groups -OCH3 is 1. The van der Waals surface area contributed by atoms with Gasteiger partial charge in [0.05, 0.1) is 25.2 Å². The standard InChI is InChI=1S/C21H26N2O5S/c1-26-19-3-5-20(6-4-19)29(24,25)23-10-13-28-21-7-2-17(14-18(21)16-23)15-22-8-11-27-12-9-22/h2-7,14H,8-13,15-16H2,1H3. The van der Waals surface area contributed by atoms with Crippen LogP contribution in [0.2, 0.25) is 0 Å². The van der Waals surface area contributed by atoms with E-state index in [9.17, 15) is 8.42 Å². The minimum absolute atomic E-state index is 0.256. The van der Waals surface area contributed by atoms with Crippen LogP contribution in [-0.4, -0.2) is 64.2 Å². The molecule has 0 aromatic heterocycles. The van der Waals surface area contributed by atoms with E-state index in [0.29, 0.717) is 25.4 Å². The van der Waals surface area contributed by atoms with Crippen LogP contribution in [0.1, 0.15) is 11.1 Å². The molecule has 1 fully saturated rings. The van der Waals surface area contributed by atoms with Gasteiger partial charge in [0.25, 0.3) is 0 Å². The summed E-state index contributed by atoms with van der Waals surface area (Å²) in [7, 11) is -2.07. The van der Waals surface area contributed by atoms with E-state index >= 15 is 0 Å². The first-order valence-electron chi connectivity index (χ1n) is 9.75. The average Bonchev–Trinajstić information content (AvgIpc) is 2.97. The highest BCUT2D eigenvalue weighted by Crippen LogP contribution is 2.28. The van der Waals surface area contributed by atoms with Gasteiger partial charge < -0.3 is 14.2 Å². The second-order valence-corrected chi connectivity index (χ2v) is 9.13. The molecule has 8 heteroatoms. The van der Waals surface area contributed by atoms with Gasteiger partial charge in [-0.1, -0.05) is 6.07 Å². The number of benzene rings is 2. The average molecular weight is 419 g/mol. The Labute approximate surface area is 171 Å². The molecule has 0 radical (unpaired) electrons. The van der Waals surface area contributed by atoms with Crippen LogP contribution in [0.5, 0.6) is 11.5 Å². The van der Waals surface area contributed by atoms with Gasteiger partial charge in [0, 0.05) is 38.3 Å². The molecule has 2 heterocycles. The molecule has 156 valence electrons. The minimum atomic E-state index is -3.62. The van der Waals surface area contributed by atoms with Crippen molar-refractivity contribution in [3.63, 3.8) is 0 Å². The van der Waals surface area contributed by atoms with E-state index < -0.39 is 10.0 Å². The quantitative estimate of drug-likeness (QED) is 0.741. The third-order valence-corrected chi connectivity index (χ3v) is 7.14. The number of rotatable bonds is 5. The first-order chi connectivity index (χ1) is 14.1. The Balaban J connectivity index is 1.55. The van der Waals surface area contributed by atoms with Gasteiger partial charge in [0.1, 0.15) is 18.1 Å². The molecular formula is C21H26N2O5S. The molecule has 0 spiro atoms. The van der Waals surface area contributed by atoms with Crippen molar-refractivity contribution in [2.45, 2.75) is 18.0 Å². The van der Waals surface area contributed by atoms with E-state index in [1.807, 2.05) is 6.07 Å². The van der Waals surface area contributed by atoms with E-state index in [4.69, 9.17) is 14.2 Å². The highest BCUT2D eigenvalue weighted by Gasteiger charge is 2.28. The molecule has 2 aromatic rings. The number of morpholine rings is 1. The van der Waals surface area contributed by atoms with Crippen LogP contribution in [0.15, 0.2) is 47.4 Å². The summed E-state index contributed by atoms with van der Waals surface area (Å²) in [6, 6.07) is 12.6. The summed E-state index contributed by atoms with van der Waals surface area (Å²) in [6.07, 6.45) is 0. The molecule has 0 unspecified atom stereocenters. The summed E-state index contributed by atoms with van der Waals surface area (Å²) in [5.41, 5.74) is 2.04. The summed E-state index contributed by atoms with van der Waals surface area (Å²) >= 11 is 0. The smallest absolute Gasteiger partial charge is 0.243 e. The molecule has 7 nitrogen and oxygen atoms in total. The van der Waals surface area contributed by atoms with Gasteiger partial charge in [0.15, 0.2) is 0 Å². The number of hydrogen-bond acceptors (Lipinski definition) is 6.